The summed E-state index contributed by atoms with van der Waals surface area (Å²) in [4.78, 5) is 11.2. The molecule has 0 aromatic heterocycles. The van der Waals surface area contributed by atoms with E-state index in [1.165, 1.54) is 13.0 Å². The highest BCUT2D eigenvalue weighted by Gasteiger charge is 2.30. The number of fused-ring (bicyclic) bond motifs is 1. The molecule has 0 bridgehead atoms. The van der Waals surface area contributed by atoms with Crippen LogP contribution in [-0.4, -0.2) is 23.2 Å². The van der Waals surface area contributed by atoms with Crippen molar-refractivity contribution in [3.63, 3.8) is 0 Å². The molecule has 4 nitrogen and oxygen atoms in total. The van der Waals surface area contributed by atoms with Crippen molar-refractivity contribution in [1.82, 2.24) is 0 Å². The molecule has 1 unspecified atom stereocenters. The zero-order valence-corrected chi connectivity index (χ0v) is 9.31. The maximum atomic E-state index is 13.3. The summed E-state index contributed by atoms with van der Waals surface area (Å²) >= 11 is 0. The molecule has 1 aliphatic heterocycles. The van der Waals surface area contributed by atoms with E-state index in [0.717, 1.165) is 0 Å². The van der Waals surface area contributed by atoms with Crippen LogP contribution in [0.5, 0.6) is 5.75 Å². The number of carboxylic acids is 1. The van der Waals surface area contributed by atoms with Crippen molar-refractivity contribution in [2.45, 2.75) is 25.8 Å². The first-order valence-electron chi connectivity index (χ1n) is 5.38. The van der Waals surface area contributed by atoms with Gasteiger partial charge in [-0.25, -0.2) is 9.18 Å². The third-order valence-electron chi connectivity index (χ3n) is 2.83. The third kappa shape index (κ3) is 2.13. The fourth-order valence-corrected chi connectivity index (χ4v) is 2.00. The van der Waals surface area contributed by atoms with Gasteiger partial charge in [0.15, 0.2) is 0 Å². The molecule has 0 aliphatic carbocycles. The number of carboxylic acid groups (broad SMARTS) is 1. The van der Waals surface area contributed by atoms with Gasteiger partial charge in [0.25, 0.3) is 0 Å². The molecule has 1 aliphatic rings. The number of benzene rings is 1. The Bertz CT molecular complexity index is 461. The van der Waals surface area contributed by atoms with Crippen LogP contribution in [0.2, 0.25) is 6.32 Å². The van der Waals surface area contributed by atoms with Gasteiger partial charge in [0.2, 0.25) is 0 Å². The van der Waals surface area contributed by atoms with Gasteiger partial charge in [-0.3, -0.25) is 0 Å². The topological polar surface area (TPSA) is 66.8 Å². The molecular weight excluding hydrogens is 226 g/mol. The van der Waals surface area contributed by atoms with Crippen LogP contribution in [0.15, 0.2) is 12.1 Å². The molecule has 0 spiro atoms. The molecule has 17 heavy (non-hydrogen) atoms. The third-order valence-corrected chi connectivity index (χ3v) is 2.83. The first-order chi connectivity index (χ1) is 8.00. The lowest BCUT2D eigenvalue weighted by atomic mass is 9.78. The van der Waals surface area contributed by atoms with Gasteiger partial charge in [0.05, 0.1) is 0 Å². The van der Waals surface area contributed by atoms with Crippen molar-refractivity contribution >= 4 is 13.1 Å². The molecule has 2 rings (SSSR count). The van der Waals surface area contributed by atoms with Crippen LogP contribution in [0.1, 0.15) is 34.6 Å². The number of alkyl halides is 1. The molecule has 1 aromatic rings. The fourth-order valence-electron chi connectivity index (χ4n) is 2.00. The standard InChI is InChI=1S/C11H12BFO4/c1-6(13)8-3-2-7-4-5-12(16)17-10(7)9(8)11(14)15/h2-3,6,16H,4-5H2,1H3,(H,14,15). The van der Waals surface area contributed by atoms with Gasteiger partial charge in [-0.1, -0.05) is 12.1 Å². The predicted molar refractivity (Wildman–Crippen MR) is 60.0 cm³/mol. The average Bonchev–Trinajstić information content (AvgIpc) is 2.26. The summed E-state index contributed by atoms with van der Waals surface area (Å²) in [7, 11) is -1.02. The highest BCUT2D eigenvalue weighted by molar-refractivity contribution is 6.44. The molecule has 2 N–H and O–H groups in total. The van der Waals surface area contributed by atoms with Gasteiger partial charge in [-0.15, -0.1) is 0 Å². The van der Waals surface area contributed by atoms with Crippen LogP contribution in [0.3, 0.4) is 0 Å². The largest absolute Gasteiger partial charge is 0.535 e. The smallest absolute Gasteiger partial charge is 0.522 e. The van der Waals surface area contributed by atoms with Crippen molar-refractivity contribution in [2.75, 3.05) is 0 Å². The highest BCUT2D eigenvalue weighted by atomic mass is 19.1. The molecule has 0 saturated carbocycles. The van der Waals surface area contributed by atoms with Crippen LogP contribution < -0.4 is 4.65 Å². The monoisotopic (exact) mass is 238 g/mol. The molecule has 1 aromatic carbocycles. The van der Waals surface area contributed by atoms with E-state index in [4.69, 9.17) is 9.76 Å². The minimum absolute atomic E-state index is 0.0744. The summed E-state index contributed by atoms with van der Waals surface area (Å²) in [5.41, 5.74) is 0.582. The molecule has 0 saturated heterocycles. The summed E-state index contributed by atoms with van der Waals surface area (Å²) in [5.74, 6) is -1.14. The van der Waals surface area contributed by atoms with Crippen molar-refractivity contribution in [1.29, 1.82) is 0 Å². The first kappa shape index (κ1) is 11.9. The maximum Gasteiger partial charge on any atom is 0.522 e. The summed E-state index contributed by atoms with van der Waals surface area (Å²) in [5, 5.41) is 18.5. The Kier molecular flexibility index (Phi) is 3.06. The second-order valence-electron chi connectivity index (χ2n) is 4.05. The van der Waals surface area contributed by atoms with Crippen LogP contribution in [0.4, 0.5) is 4.39 Å². The zero-order chi connectivity index (χ0) is 12.6. The van der Waals surface area contributed by atoms with Crippen molar-refractivity contribution in [3.8, 4) is 5.75 Å². The van der Waals surface area contributed by atoms with E-state index in [1.807, 2.05) is 0 Å². The van der Waals surface area contributed by atoms with Crippen molar-refractivity contribution < 1.29 is 24.0 Å². The molecule has 0 radical (unpaired) electrons. The lowest BCUT2D eigenvalue weighted by molar-refractivity contribution is 0.0691. The van der Waals surface area contributed by atoms with E-state index < -0.39 is 19.3 Å². The van der Waals surface area contributed by atoms with Crippen LogP contribution >= 0.6 is 0 Å². The lowest BCUT2D eigenvalue weighted by Crippen LogP contribution is -2.28. The summed E-state index contributed by atoms with van der Waals surface area (Å²) in [6, 6.07) is 3.12. The SMILES string of the molecule is CC(F)c1ccc2c(c1C(=O)O)OB(O)CC2. The first-order valence-corrected chi connectivity index (χ1v) is 5.38. The molecule has 1 atom stereocenters. The number of rotatable bonds is 2. The summed E-state index contributed by atoms with van der Waals surface area (Å²) < 4.78 is 18.5. The second kappa shape index (κ2) is 4.37. The van der Waals surface area contributed by atoms with Crippen molar-refractivity contribution in [3.05, 3.63) is 28.8 Å². The Balaban J connectivity index is 2.60. The van der Waals surface area contributed by atoms with Gasteiger partial charge in [-0.2, -0.15) is 0 Å². The van der Waals surface area contributed by atoms with E-state index in [-0.39, 0.29) is 16.9 Å². The maximum absolute atomic E-state index is 13.3. The summed E-state index contributed by atoms with van der Waals surface area (Å²) in [6.07, 6.45) is -0.456. The molecule has 1 heterocycles. The van der Waals surface area contributed by atoms with Crippen LogP contribution in [-0.2, 0) is 6.42 Å². The number of halogens is 1. The van der Waals surface area contributed by atoms with E-state index >= 15 is 0 Å². The number of hydrogen-bond donors (Lipinski definition) is 2. The molecular formula is C11H12BFO4. The number of aromatic carboxylic acids is 1. The van der Waals surface area contributed by atoms with Gasteiger partial charge in [0.1, 0.15) is 17.5 Å². The Hall–Kier alpha value is -1.56. The Labute approximate surface area is 98.2 Å². The lowest BCUT2D eigenvalue weighted by Gasteiger charge is -2.23. The highest BCUT2D eigenvalue weighted by Crippen LogP contribution is 2.35. The predicted octanol–water partition coefficient (Wildman–Crippen LogP) is 1.83. The van der Waals surface area contributed by atoms with E-state index in [1.54, 1.807) is 6.07 Å². The van der Waals surface area contributed by atoms with Gasteiger partial charge in [-0.05, 0) is 25.2 Å². The van der Waals surface area contributed by atoms with Crippen molar-refractivity contribution in [2.24, 2.45) is 0 Å². The van der Waals surface area contributed by atoms with E-state index in [9.17, 15) is 14.2 Å². The number of hydrogen-bond acceptors (Lipinski definition) is 3. The number of aryl methyl sites for hydroxylation is 1. The van der Waals surface area contributed by atoms with Crippen LogP contribution in [0, 0.1) is 0 Å². The second-order valence-corrected chi connectivity index (χ2v) is 4.05. The minimum atomic E-state index is -1.39. The fraction of sp³-hybridized carbons (Fsp3) is 0.364. The van der Waals surface area contributed by atoms with Gasteiger partial charge in [0, 0.05) is 5.56 Å². The van der Waals surface area contributed by atoms with Gasteiger partial charge >= 0.3 is 13.1 Å². The van der Waals surface area contributed by atoms with E-state index in [2.05, 4.69) is 0 Å². The Morgan fingerprint density at radius 3 is 2.88 bits per heavy atom. The summed E-state index contributed by atoms with van der Waals surface area (Å²) in [6.45, 7) is 1.27. The molecule has 0 fully saturated rings. The van der Waals surface area contributed by atoms with Gasteiger partial charge < -0.3 is 14.8 Å². The Morgan fingerprint density at radius 2 is 2.29 bits per heavy atom. The Morgan fingerprint density at radius 1 is 1.59 bits per heavy atom. The quantitative estimate of drug-likeness (QED) is 0.771. The van der Waals surface area contributed by atoms with Crippen LogP contribution in [0.25, 0.3) is 0 Å². The number of carbonyl (C=O) groups is 1. The normalized spacial score (nSPS) is 16.1. The minimum Gasteiger partial charge on any atom is -0.535 e. The van der Waals surface area contributed by atoms with E-state index in [0.29, 0.717) is 18.3 Å². The molecule has 6 heteroatoms. The zero-order valence-electron chi connectivity index (χ0n) is 9.31. The molecule has 90 valence electrons. The average molecular weight is 238 g/mol. The molecule has 0 amide bonds.